The third-order valence-corrected chi connectivity index (χ3v) is 4.11. The Labute approximate surface area is 140 Å². The van der Waals surface area contributed by atoms with Gasteiger partial charge in [0.05, 0.1) is 6.10 Å². The summed E-state index contributed by atoms with van der Waals surface area (Å²) in [6, 6.07) is 0. The molecular formula is C18H34O5. The normalized spacial score (nSPS) is 12.2. The quantitative estimate of drug-likeness (QED) is 0.344. The maximum atomic E-state index is 10.4. The van der Waals surface area contributed by atoms with Gasteiger partial charge < -0.3 is 15.3 Å². The average molecular weight is 330 g/mol. The van der Waals surface area contributed by atoms with E-state index >= 15 is 0 Å². The molecule has 0 saturated heterocycles. The van der Waals surface area contributed by atoms with E-state index in [0.29, 0.717) is 6.42 Å². The Hall–Kier alpha value is -1.10. The molecule has 0 fully saturated rings. The van der Waals surface area contributed by atoms with Crippen LogP contribution in [0.15, 0.2) is 0 Å². The molecule has 0 aromatic heterocycles. The fourth-order valence-corrected chi connectivity index (χ4v) is 2.69. The Morgan fingerprint density at radius 1 is 0.565 bits per heavy atom. The van der Waals surface area contributed by atoms with Crippen molar-refractivity contribution in [2.24, 2.45) is 0 Å². The molecule has 1 atom stereocenters. The van der Waals surface area contributed by atoms with E-state index in [0.717, 1.165) is 57.8 Å². The first kappa shape index (κ1) is 21.9. The number of aliphatic carboxylic acids is 2. The largest absolute Gasteiger partial charge is 0.481 e. The lowest BCUT2D eigenvalue weighted by atomic mass is 10.0. The van der Waals surface area contributed by atoms with Crippen LogP contribution in [0.25, 0.3) is 0 Å². The van der Waals surface area contributed by atoms with Crippen LogP contribution in [-0.2, 0) is 9.59 Å². The number of hydrogen-bond acceptors (Lipinski definition) is 3. The zero-order valence-corrected chi connectivity index (χ0v) is 14.3. The summed E-state index contributed by atoms with van der Waals surface area (Å²) in [6.45, 7) is 0. The Kier molecular flexibility index (Phi) is 15.0. The Bertz CT molecular complexity index is 304. The van der Waals surface area contributed by atoms with Gasteiger partial charge in [-0.25, -0.2) is 0 Å². The van der Waals surface area contributed by atoms with Crippen LogP contribution in [0, 0.1) is 0 Å². The van der Waals surface area contributed by atoms with Crippen LogP contribution in [0.5, 0.6) is 0 Å². The third kappa shape index (κ3) is 18.9. The number of carbonyl (C=O) groups is 2. The van der Waals surface area contributed by atoms with Gasteiger partial charge in [-0.3, -0.25) is 9.59 Å². The van der Waals surface area contributed by atoms with Crippen molar-refractivity contribution >= 4 is 11.9 Å². The molecule has 0 heterocycles. The molecule has 3 N–H and O–H groups in total. The van der Waals surface area contributed by atoms with Crippen LogP contribution < -0.4 is 0 Å². The zero-order chi connectivity index (χ0) is 17.3. The lowest BCUT2D eigenvalue weighted by molar-refractivity contribution is -0.138. The van der Waals surface area contributed by atoms with E-state index < -0.39 is 11.9 Å². The van der Waals surface area contributed by atoms with Gasteiger partial charge in [0, 0.05) is 12.8 Å². The molecule has 0 aliphatic heterocycles. The predicted molar refractivity (Wildman–Crippen MR) is 90.5 cm³/mol. The van der Waals surface area contributed by atoms with E-state index in [1.54, 1.807) is 0 Å². The molecule has 0 rings (SSSR count). The Morgan fingerprint density at radius 3 is 1.26 bits per heavy atom. The van der Waals surface area contributed by atoms with Crippen molar-refractivity contribution in [3.05, 3.63) is 0 Å². The summed E-state index contributed by atoms with van der Waals surface area (Å²) in [5.41, 5.74) is 0. The van der Waals surface area contributed by atoms with Crippen molar-refractivity contribution in [1.29, 1.82) is 0 Å². The smallest absolute Gasteiger partial charge is 0.303 e. The predicted octanol–water partition coefficient (Wildman–Crippen LogP) is 4.37. The molecule has 5 heteroatoms. The highest BCUT2D eigenvalue weighted by Gasteiger charge is 2.04. The number of aliphatic hydroxyl groups is 1. The second-order valence-corrected chi connectivity index (χ2v) is 6.41. The molecule has 0 aliphatic carbocycles. The second kappa shape index (κ2) is 15.8. The van der Waals surface area contributed by atoms with Crippen molar-refractivity contribution in [1.82, 2.24) is 0 Å². The molecule has 1 unspecified atom stereocenters. The molecule has 136 valence electrons. The summed E-state index contributed by atoms with van der Waals surface area (Å²) < 4.78 is 0. The number of carboxylic acid groups (broad SMARTS) is 2. The van der Waals surface area contributed by atoms with Gasteiger partial charge in [0.25, 0.3) is 0 Å². The summed E-state index contributed by atoms with van der Waals surface area (Å²) in [5.74, 6) is -1.45. The van der Waals surface area contributed by atoms with Crippen LogP contribution >= 0.6 is 0 Å². The van der Waals surface area contributed by atoms with E-state index in [9.17, 15) is 14.7 Å². The Balaban J connectivity index is 3.18. The summed E-state index contributed by atoms with van der Waals surface area (Å²) in [7, 11) is 0. The van der Waals surface area contributed by atoms with Crippen LogP contribution in [-0.4, -0.2) is 33.4 Å². The van der Waals surface area contributed by atoms with Crippen molar-refractivity contribution in [3.8, 4) is 0 Å². The van der Waals surface area contributed by atoms with E-state index in [-0.39, 0.29) is 18.9 Å². The van der Waals surface area contributed by atoms with Gasteiger partial charge in [0.15, 0.2) is 0 Å². The highest BCUT2D eigenvalue weighted by molar-refractivity contribution is 5.66. The van der Waals surface area contributed by atoms with Gasteiger partial charge in [0.2, 0.25) is 0 Å². The van der Waals surface area contributed by atoms with E-state index in [1.165, 1.54) is 19.3 Å². The van der Waals surface area contributed by atoms with Crippen molar-refractivity contribution in [2.75, 3.05) is 0 Å². The molecular weight excluding hydrogens is 296 g/mol. The molecule has 0 amide bonds. The summed E-state index contributed by atoms with van der Waals surface area (Å²) >= 11 is 0. The van der Waals surface area contributed by atoms with Gasteiger partial charge in [-0.2, -0.15) is 0 Å². The SMILES string of the molecule is O=C(O)CCCCCCCCCCC(O)CCCCCC(=O)O. The number of carboxylic acids is 2. The third-order valence-electron chi connectivity index (χ3n) is 4.11. The van der Waals surface area contributed by atoms with Crippen LogP contribution in [0.2, 0.25) is 0 Å². The van der Waals surface area contributed by atoms with E-state index in [1.807, 2.05) is 0 Å². The highest BCUT2D eigenvalue weighted by Crippen LogP contribution is 2.14. The van der Waals surface area contributed by atoms with Crippen LogP contribution in [0.3, 0.4) is 0 Å². The lowest BCUT2D eigenvalue weighted by Crippen LogP contribution is -2.06. The second-order valence-electron chi connectivity index (χ2n) is 6.41. The van der Waals surface area contributed by atoms with Gasteiger partial charge in [-0.1, -0.05) is 57.8 Å². The maximum absolute atomic E-state index is 10.4. The zero-order valence-electron chi connectivity index (χ0n) is 14.3. The maximum Gasteiger partial charge on any atom is 0.303 e. The average Bonchev–Trinajstić information content (AvgIpc) is 2.48. The standard InChI is InChI=1S/C18H34O5/c19-16(13-9-7-11-15-18(22)23)12-8-5-3-1-2-4-6-10-14-17(20)21/h16,19H,1-15H2,(H,20,21)(H,22,23). The first-order chi connectivity index (χ1) is 11.0. The number of rotatable bonds is 17. The molecule has 23 heavy (non-hydrogen) atoms. The molecule has 0 aromatic carbocycles. The van der Waals surface area contributed by atoms with Gasteiger partial charge >= 0.3 is 11.9 Å². The molecule has 0 aliphatic rings. The Morgan fingerprint density at radius 2 is 0.870 bits per heavy atom. The molecule has 0 bridgehead atoms. The minimum Gasteiger partial charge on any atom is -0.481 e. The lowest BCUT2D eigenvalue weighted by Gasteiger charge is -2.10. The monoisotopic (exact) mass is 330 g/mol. The minimum absolute atomic E-state index is 0.229. The summed E-state index contributed by atoms with van der Waals surface area (Å²) in [4.78, 5) is 20.7. The van der Waals surface area contributed by atoms with Crippen molar-refractivity contribution in [2.45, 2.75) is 102 Å². The first-order valence-corrected chi connectivity index (χ1v) is 9.14. The molecule has 0 saturated carbocycles. The minimum atomic E-state index is -0.743. The number of hydrogen-bond donors (Lipinski definition) is 3. The fourth-order valence-electron chi connectivity index (χ4n) is 2.69. The number of unbranched alkanes of at least 4 members (excludes halogenated alkanes) is 9. The van der Waals surface area contributed by atoms with Gasteiger partial charge in [-0.15, -0.1) is 0 Å². The summed E-state index contributed by atoms with van der Waals surface area (Å²) in [5, 5.41) is 26.9. The fraction of sp³-hybridized carbons (Fsp3) is 0.889. The molecule has 0 radical (unpaired) electrons. The van der Waals surface area contributed by atoms with Gasteiger partial charge in [-0.05, 0) is 25.7 Å². The van der Waals surface area contributed by atoms with E-state index in [2.05, 4.69) is 0 Å². The highest BCUT2D eigenvalue weighted by atomic mass is 16.4. The topological polar surface area (TPSA) is 94.8 Å². The van der Waals surface area contributed by atoms with Crippen molar-refractivity contribution in [3.63, 3.8) is 0 Å². The first-order valence-electron chi connectivity index (χ1n) is 9.14. The molecule has 5 nitrogen and oxygen atoms in total. The van der Waals surface area contributed by atoms with Crippen LogP contribution in [0.4, 0.5) is 0 Å². The number of aliphatic hydroxyl groups excluding tert-OH is 1. The van der Waals surface area contributed by atoms with E-state index in [4.69, 9.17) is 10.2 Å². The van der Waals surface area contributed by atoms with Crippen molar-refractivity contribution < 1.29 is 24.9 Å². The summed E-state index contributed by atoms with van der Waals surface area (Å²) in [6.07, 6.45) is 13.0. The molecule has 0 aromatic rings. The van der Waals surface area contributed by atoms with Gasteiger partial charge in [0.1, 0.15) is 0 Å². The molecule has 0 spiro atoms. The van der Waals surface area contributed by atoms with Crippen LogP contribution in [0.1, 0.15) is 96.3 Å².